The lowest BCUT2D eigenvalue weighted by atomic mass is 10.1. The van der Waals surface area contributed by atoms with Gasteiger partial charge in [-0.2, -0.15) is 0 Å². The van der Waals surface area contributed by atoms with Crippen molar-refractivity contribution in [1.29, 1.82) is 0 Å². The zero-order chi connectivity index (χ0) is 20.2. The summed E-state index contributed by atoms with van der Waals surface area (Å²) in [6.07, 6.45) is 0.560. The molecule has 7 heteroatoms. The maximum absolute atomic E-state index is 12.3. The van der Waals surface area contributed by atoms with Gasteiger partial charge in [-0.25, -0.2) is 9.78 Å². The van der Waals surface area contributed by atoms with E-state index in [0.717, 1.165) is 11.3 Å². The van der Waals surface area contributed by atoms with E-state index in [2.05, 4.69) is 15.0 Å². The number of imidazole rings is 1. The van der Waals surface area contributed by atoms with E-state index in [1.165, 1.54) is 0 Å². The standard InChI is InChI=1S/C22H21N3O4/c1-3-27-22(26)21-24-18(16-11-7-8-14(2)23-16)19(25-21)20-17(28-13-29-20)12-15-9-5-4-6-10-15/h4-11H,3,12-13H2,1-2H3,(H,24,25). The van der Waals surface area contributed by atoms with Crippen LogP contribution in [0.25, 0.3) is 17.1 Å². The molecule has 0 radical (unpaired) electrons. The molecule has 0 unspecified atom stereocenters. The summed E-state index contributed by atoms with van der Waals surface area (Å²) in [4.78, 5) is 24.3. The summed E-state index contributed by atoms with van der Waals surface area (Å²) >= 11 is 0. The van der Waals surface area contributed by atoms with Gasteiger partial charge in [-0.1, -0.05) is 36.4 Å². The molecule has 0 amide bonds. The molecule has 0 spiro atoms. The minimum absolute atomic E-state index is 0.0993. The first-order valence-electron chi connectivity index (χ1n) is 9.40. The summed E-state index contributed by atoms with van der Waals surface area (Å²) in [6, 6.07) is 15.6. The summed E-state index contributed by atoms with van der Waals surface area (Å²) in [5.74, 6) is 0.762. The number of pyridine rings is 1. The highest BCUT2D eigenvalue weighted by molar-refractivity contribution is 5.88. The van der Waals surface area contributed by atoms with Gasteiger partial charge in [0.25, 0.3) is 0 Å². The number of nitrogens with one attached hydrogen (secondary N) is 1. The van der Waals surface area contributed by atoms with Gasteiger partial charge in [0.05, 0.1) is 12.3 Å². The van der Waals surface area contributed by atoms with E-state index in [-0.39, 0.29) is 19.2 Å². The van der Waals surface area contributed by atoms with E-state index in [4.69, 9.17) is 14.2 Å². The molecule has 4 rings (SSSR count). The SMILES string of the molecule is CCOC(=O)c1nc(-c2cccc(C)n2)c(C2=C(Cc3ccccc3)OCO2)[nH]1. The van der Waals surface area contributed by atoms with Crippen LogP contribution in [0.2, 0.25) is 0 Å². The second-order valence-corrected chi connectivity index (χ2v) is 6.51. The van der Waals surface area contributed by atoms with Gasteiger partial charge in [-0.15, -0.1) is 0 Å². The van der Waals surface area contributed by atoms with E-state index in [0.29, 0.717) is 35.0 Å². The molecule has 1 aliphatic heterocycles. The van der Waals surface area contributed by atoms with Crippen LogP contribution in [0.4, 0.5) is 0 Å². The number of benzene rings is 1. The largest absolute Gasteiger partial charge is 0.460 e. The van der Waals surface area contributed by atoms with Gasteiger partial charge in [-0.3, -0.25) is 4.98 Å². The highest BCUT2D eigenvalue weighted by Crippen LogP contribution is 2.33. The highest BCUT2D eigenvalue weighted by Gasteiger charge is 2.28. The number of carbonyl (C=O) groups is 1. The minimum atomic E-state index is -0.531. The number of hydrogen-bond acceptors (Lipinski definition) is 6. The van der Waals surface area contributed by atoms with E-state index >= 15 is 0 Å². The van der Waals surface area contributed by atoms with Gasteiger partial charge in [0, 0.05) is 12.1 Å². The van der Waals surface area contributed by atoms with Crippen molar-refractivity contribution >= 4 is 11.7 Å². The summed E-state index contributed by atoms with van der Waals surface area (Å²) in [6.45, 7) is 4.01. The number of aryl methyl sites for hydroxylation is 1. The van der Waals surface area contributed by atoms with Crippen LogP contribution in [0.1, 0.15) is 34.5 Å². The second kappa shape index (κ2) is 8.18. The van der Waals surface area contributed by atoms with Crippen LogP contribution in [0, 0.1) is 6.92 Å². The Hall–Kier alpha value is -3.61. The summed E-state index contributed by atoms with van der Waals surface area (Å²) in [5, 5.41) is 0. The van der Waals surface area contributed by atoms with Crippen molar-refractivity contribution in [3.8, 4) is 11.4 Å². The van der Waals surface area contributed by atoms with Gasteiger partial charge >= 0.3 is 5.97 Å². The number of ether oxygens (including phenoxy) is 3. The third kappa shape index (κ3) is 3.99. The average Bonchev–Trinajstić information content (AvgIpc) is 3.36. The van der Waals surface area contributed by atoms with Crippen molar-refractivity contribution in [2.45, 2.75) is 20.3 Å². The molecular formula is C22H21N3O4. The maximum Gasteiger partial charge on any atom is 0.374 e. The first-order valence-corrected chi connectivity index (χ1v) is 9.40. The molecule has 0 atom stereocenters. The molecule has 0 saturated heterocycles. The highest BCUT2D eigenvalue weighted by atomic mass is 16.7. The normalized spacial score (nSPS) is 13.2. The third-order valence-corrected chi connectivity index (χ3v) is 4.43. The number of rotatable bonds is 6. The Morgan fingerprint density at radius 2 is 1.93 bits per heavy atom. The van der Waals surface area contributed by atoms with Crippen molar-refractivity contribution in [3.63, 3.8) is 0 Å². The maximum atomic E-state index is 12.3. The quantitative estimate of drug-likeness (QED) is 0.642. The van der Waals surface area contributed by atoms with E-state index in [1.807, 2.05) is 55.5 Å². The monoisotopic (exact) mass is 391 g/mol. The number of H-pyrrole nitrogens is 1. The number of carbonyl (C=O) groups excluding carboxylic acids is 1. The molecule has 1 N–H and O–H groups in total. The number of nitrogens with zero attached hydrogens (tertiary/aromatic N) is 2. The molecule has 3 heterocycles. The number of allylic oxidation sites excluding steroid dienone is 1. The van der Waals surface area contributed by atoms with Crippen molar-refractivity contribution < 1.29 is 19.0 Å². The first-order chi connectivity index (χ1) is 14.2. The third-order valence-electron chi connectivity index (χ3n) is 4.43. The fourth-order valence-corrected chi connectivity index (χ4v) is 3.12. The number of hydrogen-bond donors (Lipinski definition) is 1. The van der Waals surface area contributed by atoms with Gasteiger partial charge in [0.15, 0.2) is 5.76 Å². The van der Waals surface area contributed by atoms with Crippen LogP contribution >= 0.6 is 0 Å². The molecular weight excluding hydrogens is 370 g/mol. The molecule has 3 aromatic rings. The van der Waals surface area contributed by atoms with Crippen LogP contribution < -0.4 is 0 Å². The van der Waals surface area contributed by atoms with E-state index in [9.17, 15) is 4.79 Å². The first kappa shape index (κ1) is 18.7. The molecule has 0 bridgehead atoms. The Kier molecular flexibility index (Phi) is 5.29. The Balaban J connectivity index is 1.80. The van der Waals surface area contributed by atoms with Gasteiger partial charge in [0.2, 0.25) is 12.6 Å². The Bertz CT molecular complexity index is 1060. The summed E-state index contributed by atoms with van der Waals surface area (Å²) < 4.78 is 16.6. The van der Waals surface area contributed by atoms with Crippen molar-refractivity contribution in [2.75, 3.05) is 13.4 Å². The minimum Gasteiger partial charge on any atom is -0.460 e. The van der Waals surface area contributed by atoms with Gasteiger partial charge in [0.1, 0.15) is 17.1 Å². The van der Waals surface area contributed by atoms with E-state index < -0.39 is 5.97 Å². The number of esters is 1. The smallest absolute Gasteiger partial charge is 0.374 e. The van der Waals surface area contributed by atoms with Gasteiger partial charge in [-0.05, 0) is 31.5 Å². The molecule has 2 aromatic heterocycles. The van der Waals surface area contributed by atoms with E-state index in [1.54, 1.807) is 6.92 Å². The fraction of sp³-hybridized carbons (Fsp3) is 0.227. The molecule has 0 fully saturated rings. The topological polar surface area (TPSA) is 86.3 Å². The predicted molar refractivity (Wildman–Crippen MR) is 107 cm³/mol. The van der Waals surface area contributed by atoms with Crippen LogP contribution in [0.15, 0.2) is 54.3 Å². The second-order valence-electron chi connectivity index (χ2n) is 6.51. The van der Waals surface area contributed by atoms with Crippen LogP contribution in [0.3, 0.4) is 0 Å². The Labute approximate surface area is 168 Å². The molecule has 1 aliphatic rings. The zero-order valence-electron chi connectivity index (χ0n) is 16.3. The lowest BCUT2D eigenvalue weighted by Crippen LogP contribution is -2.06. The molecule has 1 aromatic carbocycles. The molecule has 0 saturated carbocycles. The molecule has 148 valence electrons. The lowest BCUT2D eigenvalue weighted by molar-refractivity contribution is 0.0513. The van der Waals surface area contributed by atoms with Crippen LogP contribution in [-0.4, -0.2) is 34.3 Å². The summed E-state index contributed by atoms with van der Waals surface area (Å²) in [7, 11) is 0. The molecule has 7 nitrogen and oxygen atoms in total. The van der Waals surface area contributed by atoms with Crippen molar-refractivity contribution in [2.24, 2.45) is 0 Å². The zero-order valence-corrected chi connectivity index (χ0v) is 16.3. The van der Waals surface area contributed by atoms with Crippen molar-refractivity contribution in [3.05, 3.63) is 77.1 Å². The average molecular weight is 391 g/mol. The Morgan fingerprint density at radius 3 is 2.69 bits per heavy atom. The number of aromatic amines is 1. The molecule has 0 aliphatic carbocycles. The van der Waals surface area contributed by atoms with Crippen LogP contribution in [0.5, 0.6) is 0 Å². The lowest BCUT2D eigenvalue weighted by Gasteiger charge is -2.06. The predicted octanol–water partition coefficient (Wildman–Crippen LogP) is 3.87. The van der Waals surface area contributed by atoms with Crippen molar-refractivity contribution in [1.82, 2.24) is 15.0 Å². The van der Waals surface area contributed by atoms with Crippen LogP contribution in [-0.2, 0) is 20.6 Å². The summed E-state index contributed by atoms with van der Waals surface area (Å²) in [5.41, 5.74) is 3.63. The van der Waals surface area contributed by atoms with Gasteiger partial charge < -0.3 is 19.2 Å². The molecule has 29 heavy (non-hydrogen) atoms. The number of aromatic nitrogens is 3. The fourth-order valence-electron chi connectivity index (χ4n) is 3.12. The Morgan fingerprint density at radius 1 is 1.10 bits per heavy atom.